The van der Waals surface area contributed by atoms with E-state index < -0.39 is 0 Å². The van der Waals surface area contributed by atoms with E-state index in [0.717, 1.165) is 16.8 Å². The van der Waals surface area contributed by atoms with E-state index in [4.69, 9.17) is 4.98 Å². The quantitative estimate of drug-likeness (QED) is 0.651. The van der Waals surface area contributed by atoms with Gasteiger partial charge in [-0.15, -0.1) is 0 Å². The Morgan fingerprint density at radius 1 is 1.23 bits per heavy atom. The highest BCUT2D eigenvalue weighted by Gasteiger charge is 2.26. The molecule has 162 valence electrons. The molecule has 7 nitrogen and oxygen atoms in total. The lowest BCUT2D eigenvalue weighted by Gasteiger charge is -2.33. The summed E-state index contributed by atoms with van der Waals surface area (Å²) in [4.78, 5) is 36.3. The van der Waals surface area contributed by atoms with E-state index in [1.165, 1.54) is 0 Å². The van der Waals surface area contributed by atoms with E-state index in [1.54, 1.807) is 40.7 Å². The molecule has 0 bridgehead atoms. The third-order valence-electron chi connectivity index (χ3n) is 5.69. The van der Waals surface area contributed by atoms with Crippen molar-refractivity contribution in [3.05, 3.63) is 64.5 Å². The van der Waals surface area contributed by atoms with Gasteiger partial charge in [0.1, 0.15) is 0 Å². The number of carbonyl (C=O) groups excluding carboxylic acids is 1. The van der Waals surface area contributed by atoms with Gasteiger partial charge in [0.15, 0.2) is 5.65 Å². The molecule has 3 aromatic heterocycles. The highest BCUT2D eigenvalue weighted by molar-refractivity contribution is 5.94. The third kappa shape index (κ3) is 4.04. The lowest BCUT2D eigenvalue weighted by molar-refractivity contribution is 0.0711. The molecule has 0 aromatic carbocycles. The lowest BCUT2D eigenvalue weighted by atomic mass is 9.96. The second-order valence-corrected chi connectivity index (χ2v) is 9.51. The van der Waals surface area contributed by atoms with E-state index in [-0.39, 0.29) is 23.1 Å². The Labute approximate surface area is 182 Å². The molecule has 0 fully saturated rings. The van der Waals surface area contributed by atoms with Gasteiger partial charge in [-0.3, -0.25) is 18.9 Å². The van der Waals surface area contributed by atoms with E-state index in [2.05, 4.69) is 38.8 Å². The zero-order valence-electron chi connectivity index (χ0n) is 18.8. The van der Waals surface area contributed by atoms with Gasteiger partial charge in [0, 0.05) is 38.6 Å². The lowest BCUT2D eigenvalue weighted by Crippen LogP contribution is -2.41. The van der Waals surface area contributed by atoms with Crippen LogP contribution >= 0.6 is 0 Å². The van der Waals surface area contributed by atoms with E-state index in [1.807, 2.05) is 17.0 Å². The minimum absolute atomic E-state index is 0.0115. The predicted molar refractivity (Wildman–Crippen MR) is 122 cm³/mol. The number of imidazole rings is 1. The van der Waals surface area contributed by atoms with Crippen LogP contribution in [0.5, 0.6) is 0 Å². The molecule has 0 aliphatic carbocycles. The molecule has 0 saturated carbocycles. The van der Waals surface area contributed by atoms with Crippen LogP contribution in [0, 0.1) is 5.41 Å². The Balaban J connectivity index is 1.64. The average molecular weight is 420 g/mol. The van der Waals surface area contributed by atoms with Crippen LogP contribution < -0.4 is 5.69 Å². The van der Waals surface area contributed by atoms with Crippen molar-refractivity contribution in [1.29, 1.82) is 0 Å². The van der Waals surface area contributed by atoms with E-state index >= 15 is 0 Å². The van der Waals surface area contributed by atoms with E-state index in [0.29, 0.717) is 30.7 Å². The minimum Gasteiger partial charge on any atom is -0.332 e. The number of rotatable bonds is 3. The molecule has 0 spiro atoms. The minimum atomic E-state index is -0.0474. The number of amides is 1. The highest BCUT2D eigenvalue weighted by Crippen LogP contribution is 2.28. The van der Waals surface area contributed by atoms with Crippen LogP contribution in [-0.4, -0.2) is 42.5 Å². The van der Waals surface area contributed by atoms with Crippen molar-refractivity contribution in [3.63, 3.8) is 0 Å². The molecule has 0 N–H and O–H groups in total. The molecular formula is C24H29N5O2. The number of fused-ring (bicyclic) bond motifs is 1. The van der Waals surface area contributed by atoms with Crippen LogP contribution in [0.1, 0.15) is 50.2 Å². The smallest absolute Gasteiger partial charge is 0.330 e. The Hall–Kier alpha value is -3.22. The van der Waals surface area contributed by atoms with Gasteiger partial charge in [-0.1, -0.05) is 26.8 Å². The summed E-state index contributed by atoms with van der Waals surface area (Å²) in [5.41, 5.74) is 4.03. The normalized spacial score (nSPS) is 17.1. The number of carbonyl (C=O) groups is 1. The molecule has 1 unspecified atom stereocenters. The first-order valence-corrected chi connectivity index (χ1v) is 10.6. The highest BCUT2D eigenvalue weighted by atomic mass is 16.2. The summed E-state index contributed by atoms with van der Waals surface area (Å²) in [6, 6.07) is 7.58. The molecule has 4 heterocycles. The summed E-state index contributed by atoms with van der Waals surface area (Å²) in [5, 5.41) is 0. The van der Waals surface area contributed by atoms with E-state index in [9.17, 15) is 9.59 Å². The second kappa shape index (κ2) is 7.80. The second-order valence-electron chi connectivity index (χ2n) is 9.51. The Morgan fingerprint density at radius 2 is 2.00 bits per heavy atom. The topological polar surface area (TPSA) is 73.0 Å². The van der Waals surface area contributed by atoms with Crippen molar-refractivity contribution in [1.82, 2.24) is 24.0 Å². The summed E-state index contributed by atoms with van der Waals surface area (Å²) >= 11 is 0. The van der Waals surface area contributed by atoms with Crippen LogP contribution in [0.15, 0.2) is 47.5 Å². The van der Waals surface area contributed by atoms with Crippen molar-refractivity contribution in [2.24, 2.45) is 12.5 Å². The Kier molecular flexibility index (Phi) is 5.29. The van der Waals surface area contributed by atoms with Gasteiger partial charge in [-0.2, -0.15) is 0 Å². The van der Waals surface area contributed by atoms with Crippen molar-refractivity contribution in [2.75, 3.05) is 6.54 Å². The van der Waals surface area contributed by atoms with Crippen LogP contribution in [0.25, 0.3) is 16.7 Å². The fourth-order valence-electron chi connectivity index (χ4n) is 4.13. The van der Waals surface area contributed by atoms with Crippen molar-refractivity contribution in [3.8, 4) is 0 Å². The molecule has 3 aromatic rings. The van der Waals surface area contributed by atoms with Gasteiger partial charge in [-0.25, -0.2) is 9.78 Å². The van der Waals surface area contributed by atoms with Gasteiger partial charge in [-0.05, 0) is 48.6 Å². The van der Waals surface area contributed by atoms with Crippen molar-refractivity contribution < 1.29 is 4.79 Å². The maximum Gasteiger partial charge on any atom is 0.330 e. The van der Waals surface area contributed by atoms with Crippen LogP contribution in [0.4, 0.5) is 0 Å². The van der Waals surface area contributed by atoms with Gasteiger partial charge in [0.05, 0.1) is 16.8 Å². The largest absolute Gasteiger partial charge is 0.332 e. The van der Waals surface area contributed by atoms with Crippen molar-refractivity contribution >= 4 is 22.6 Å². The molecular weight excluding hydrogens is 390 g/mol. The standard InChI is InChI=1S/C24H29N5O2/c1-16-13-17(10-12-28(16)22(30)18-7-6-11-25-14-18)19-8-9-20-21(26-19)27(5)23(31)29(20)15-24(2,3)4/h6-11,14,16H,12-13,15H2,1-5H3. The predicted octanol–water partition coefficient (Wildman–Crippen LogP) is 3.49. The van der Waals surface area contributed by atoms with Gasteiger partial charge in [0.25, 0.3) is 5.91 Å². The number of aryl methyl sites for hydroxylation is 1. The molecule has 1 atom stereocenters. The average Bonchev–Trinajstić information content (AvgIpc) is 2.97. The summed E-state index contributed by atoms with van der Waals surface area (Å²) < 4.78 is 3.42. The fourth-order valence-corrected chi connectivity index (χ4v) is 4.13. The zero-order chi connectivity index (χ0) is 22.3. The molecule has 0 saturated heterocycles. The summed E-state index contributed by atoms with van der Waals surface area (Å²) in [6.07, 6.45) is 6.04. The molecule has 7 heteroatoms. The SMILES string of the molecule is CC1CC(c2ccc3c(n2)n(C)c(=O)n3CC(C)(C)C)=CCN1C(=O)c1cccnc1. The summed E-state index contributed by atoms with van der Waals surface area (Å²) in [5.74, 6) is -0.0130. The maximum absolute atomic E-state index is 12.8. The number of hydrogen-bond donors (Lipinski definition) is 0. The molecule has 0 radical (unpaired) electrons. The van der Waals surface area contributed by atoms with Crippen LogP contribution in [-0.2, 0) is 13.6 Å². The summed E-state index contributed by atoms with van der Waals surface area (Å²) in [7, 11) is 1.77. The number of hydrogen-bond acceptors (Lipinski definition) is 4. The fraction of sp³-hybridized carbons (Fsp3) is 0.417. The van der Waals surface area contributed by atoms with Gasteiger partial charge < -0.3 is 4.90 Å². The molecule has 1 aliphatic heterocycles. The van der Waals surface area contributed by atoms with Crippen molar-refractivity contribution in [2.45, 2.75) is 46.7 Å². The zero-order valence-corrected chi connectivity index (χ0v) is 18.8. The first kappa shape index (κ1) is 21.0. The maximum atomic E-state index is 12.8. The molecule has 31 heavy (non-hydrogen) atoms. The number of pyridine rings is 2. The number of aromatic nitrogens is 4. The first-order chi connectivity index (χ1) is 14.7. The molecule has 1 aliphatic rings. The first-order valence-electron chi connectivity index (χ1n) is 10.6. The Morgan fingerprint density at radius 3 is 2.65 bits per heavy atom. The monoisotopic (exact) mass is 419 g/mol. The molecule has 4 rings (SSSR count). The Bertz CT molecular complexity index is 1210. The third-order valence-corrected chi connectivity index (χ3v) is 5.69. The van der Waals surface area contributed by atoms with Crippen LogP contribution in [0.3, 0.4) is 0 Å². The summed E-state index contributed by atoms with van der Waals surface area (Å²) in [6.45, 7) is 9.56. The van der Waals surface area contributed by atoms with Gasteiger partial charge >= 0.3 is 5.69 Å². The molecule has 1 amide bonds. The van der Waals surface area contributed by atoms with Crippen LogP contribution in [0.2, 0.25) is 0 Å². The van der Waals surface area contributed by atoms with Gasteiger partial charge in [0.2, 0.25) is 0 Å². The number of nitrogens with zero attached hydrogens (tertiary/aromatic N) is 5.